The molecule has 76 valence electrons. The number of aromatic nitrogens is 2. The quantitative estimate of drug-likeness (QED) is 0.579. The van der Waals surface area contributed by atoms with Crippen LogP contribution in [0.1, 0.15) is 10.6 Å². The fourth-order valence-electron chi connectivity index (χ4n) is 0.803. The molecule has 2 amide bonds. The highest BCUT2D eigenvalue weighted by Gasteiger charge is 2.10. The number of imidazole rings is 1. The Kier molecular flexibility index (Phi) is 3.19. The van der Waals surface area contributed by atoms with Crippen LogP contribution in [0.5, 0.6) is 0 Å². The van der Waals surface area contributed by atoms with Crippen LogP contribution in [0, 0.1) is 0 Å². The minimum absolute atomic E-state index is 0.189. The summed E-state index contributed by atoms with van der Waals surface area (Å²) in [6, 6.07) is 0. The van der Waals surface area contributed by atoms with Crippen LogP contribution < -0.4 is 11.2 Å². The molecule has 0 saturated carbocycles. The first kappa shape index (κ1) is 10.2. The molecule has 0 spiro atoms. The van der Waals surface area contributed by atoms with E-state index in [1.807, 2.05) is 5.48 Å². The summed E-state index contributed by atoms with van der Waals surface area (Å²) in [6.45, 7) is -0.365. The van der Waals surface area contributed by atoms with Gasteiger partial charge in [-0.15, -0.1) is 0 Å². The summed E-state index contributed by atoms with van der Waals surface area (Å²) in [7, 11) is 1.66. The number of rotatable bonds is 4. The van der Waals surface area contributed by atoms with Crippen LogP contribution in [0.4, 0.5) is 0 Å². The van der Waals surface area contributed by atoms with Crippen molar-refractivity contribution in [2.75, 3.05) is 6.61 Å². The minimum atomic E-state index is -0.662. The third-order valence-corrected chi connectivity index (χ3v) is 1.40. The smallest absolute Gasteiger partial charge is 0.310 e. The lowest BCUT2D eigenvalue weighted by atomic mass is 10.6. The van der Waals surface area contributed by atoms with Crippen molar-refractivity contribution >= 4 is 11.8 Å². The molecule has 14 heavy (non-hydrogen) atoms. The first-order valence-electron chi connectivity index (χ1n) is 3.79. The van der Waals surface area contributed by atoms with Gasteiger partial charge in [-0.2, -0.15) is 0 Å². The molecule has 0 bridgehead atoms. The molecule has 0 saturated heterocycles. The highest BCUT2D eigenvalue weighted by molar-refractivity contribution is 5.90. The van der Waals surface area contributed by atoms with Crippen molar-refractivity contribution in [2.24, 2.45) is 12.8 Å². The van der Waals surface area contributed by atoms with Crippen LogP contribution >= 0.6 is 0 Å². The van der Waals surface area contributed by atoms with Crippen molar-refractivity contribution in [1.29, 1.82) is 0 Å². The predicted octanol–water partition coefficient (Wildman–Crippen LogP) is -1.43. The second-order valence-electron chi connectivity index (χ2n) is 2.55. The summed E-state index contributed by atoms with van der Waals surface area (Å²) in [6.07, 6.45) is 3.09. The number of primary amides is 1. The molecule has 0 atom stereocenters. The number of hydroxylamine groups is 1. The van der Waals surface area contributed by atoms with Crippen LogP contribution in [0.3, 0.4) is 0 Å². The van der Waals surface area contributed by atoms with Gasteiger partial charge in [0.1, 0.15) is 0 Å². The van der Waals surface area contributed by atoms with E-state index in [-0.39, 0.29) is 12.4 Å². The second kappa shape index (κ2) is 4.38. The Labute approximate surface area is 79.8 Å². The average molecular weight is 198 g/mol. The summed E-state index contributed by atoms with van der Waals surface area (Å²) in [5, 5.41) is 0. The summed E-state index contributed by atoms with van der Waals surface area (Å²) >= 11 is 0. The van der Waals surface area contributed by atoms with Crippen LogP contribution in [-0.4, -0.2) is 28.0 Å². The Morgan fingerprint density at radius 2 is 2.43 bits per heavy atom. The predicted molar refractivity (Wildman–Crippen MR) is 45.8 cm³/mol. The van der Waals surface area contributed by atoms with Crippen LogP contribution in [-0.2, 0) is 16.7 Å². The number of nitrogens with zero attached hydrogens (tertiary/aromatic N) is 2. The zero-order valence-corrected chi connectivity index (χ0v) is 7.56. The molecule has 1 rings (SSSR count). The van der Waals surface area contributed by atoms with Gasteiger partial charge in [0.25, 0.3) is 0 Å². The Bertz CT molecular complexity index is 346. The van der Waals surface area contributed by atoms with Crippen LogP contribution in [0.2, 0.25) is 0 Å². The number of aryl methyl sites for hydroxylation is 1. The van der Waals surface area contributed by atoms with Gasteiger partial charge in [-0.05, 0) is 0 Å². The zero-order chi connectivity index (χ0) is 10.6. The van der Waals surface area contributed by atoms with Gasteiger partial charge in [0.15, 0.2) is 6.61 Å². The lowest BCUT2D eigenvalue weighted by Gasteiger charge is -2.03. The van der Waals surface area contributed by atoms with Crippen LogP contribution in [0.25, 0.3) is 0 Å². The summed E-state index contributed by atoms with van der Waals surface area (Å²) in [4.78, 5) is 29.8. The average Bonchev–Trinajstić information content (AvgIpc) is 2.50. The van der Waals surface area contributed by atoms with Crippen molar-refractivity contribution in [2.45, 2.75) is 0 Å². The van der Waals surface area contributed by atoms with Gasteiger partial charge in [0.2, 0.25) is 11.7 Å². The Morgan fingerprint density at radius 1 is 1.71 bits per heavy atom. The molecule has 0 fully saturated rings. The third kappa shape index (κ3) is 2.56. The molecule has 0 aliphatic heterocycles. The van der Waals surface area contributed by atoms with Crippen LogP contribution in [0.15, 0.2) is 12.4 Å². The molecule has 0 radical (unpaired) electrons. The molecule has 1 aromatic rings. The van der Waals surface area contributed by atoms with Crippen molar-refractivity contribution in [1.82, 2.24) is 15.0 Å². The maximum atomic E-state index is 11.2. The van der Waals surface area contributed by atoms with Crippen molar-refractivity contribution < 1.29 is 14.4 Å². The highest BCUT2D eigenvalue weighted by Crippen LogP contribution is 1.92. The largest absolute Gasteiger partial charge is 0.368 e. The topological polar surface area (TPSA) is 99.2 Å². The molecular weight excluding hydrogens is 188 g/mol. The van der Waals surface area contributed by atoms with E-state index in [0.29, 0.717) is 0 Å². The van der Waals surface area contributed by atoms with Gasteiger partial charge in [-0.3, -0.25) is 14.4 Å². The summed E-state index contributed by atoms with van der Waals surface area (Å²) in [5.74, 6) is -1.00. The van der Waals surface area contributed by atoms with E-state index in [9.17, 15) is 9.59 Å². The van der Waals surface area contributed by atoms with Gasteiger partial charge in [0, 0.05) is 19.4 Å². The Balaban J connectivity index is 2.44. The zero-order valence-electron chi connectivity index (χ0n) is 7.56. The molecule has 0 aromatic carbocycles. The van der Waals surface area contributed by atoms with Gasteiger partial charge in [0.05, 0.1) is 0 Å². The van der Waals surface area contributed by atoms with E-state index in [2.05, 4.69) is 9.82 Å². The minimum Gasteiger partial charge on any atom is -0.368 e. The van der Waals surface area contributed by atoms with E-state index >= 15 is 0 Å². The third-order valence-electron chi connectivity index (χ3n) is 1.40. The van der Waals surface area contributed by atoms with Crippen molar-refractivity contribution in [3.05, 3.63) is 18.2 Å². The van der Waals surface area contributed by atoms with Gasteiger partial charge in [-0.25, -0.2) is 10.5 Å². The monoisotopic (exact) mass is 198 g/mol. The van der Waals surface area contributed by atoms with E-state index < -0.39 is 11.8 Å². The lowest BCUT2D eigenvalue weighted by Crippen LogP contribution is -2.30. The maximum absolute atomic E-state index is 11.2. The number of hydrogen-bond donors (Lipinski definition) is 2. The fourth-order valence-corrected chi connectivity index (χ4v) is 0.803. The molecule has 3 N–H and O–H groups in total. The van der Waals surface area contributed by atoms with E-state index in [4.69, 9.17) is 5.73 Å². The number of amides is 2. The van der Waals surface area contributed by atoms with Crippen molar-refractivity contribution in [3.8, 4) is 0 Å². The molecule has 1 heterocycles. The van der Waals surface area contributed by atoms with Gasteiger partial charge in [-0.1, -0.05) is 0 Å². The first-order chi connectivity index (χ1) is 6.61. The standard InChI is InChI=1S/C7H10N4O3/c1-11-3-2-9-6(11)7(13)10-14-4-5(8)12/h2-3H,4H2,1H3,(H2,8,12)(H,10,13). The van der Waals surface area contributed by atoms with Gasteiger partial charge < -0.3 is 10.3 Å². The lowest BCUT2D eigenvalue weighted by molar-refractivity contribution is -0.124. The Morgan fingerprint density at radius 3 is 2.93 bits per heavy atom. The number of hydrogen-bond acceptors (Lipinski definition) is 4. The molecule has 1 aromatic heterocycles. The molecule has 0 unspecified atom stereocenters. The van der Waals surface area contributed by atoms with E-state index in [1.54, 1.807) is 13.2 Å². The molecule has 7 nitrogen and oxygen atoms in total. The summed E-state index contributed by atoms with van der Waals surface area (Å²) < 4.78 is 1.52. The van der Waals surface area contributed by atoms with E-state index in [1.165, 1.54) is 10.8 Å². The molecule has 0 aliphatic carbocycles. The van der Waals surface area contributed by atoms with E-state index in [0.717, 1.165) is 0 Å². The maximum Gasteiger partial charge on any atom is 0.310 e. The number of carbonyl (C=O) groups is 2. The first-order valence-corrected chi connectivity index (χ1v) is 3.79. The SMILES string of the molecule is Cn1ccnc1C(=O)NOCC(N)=O. The molecule has 0 aliphatic rings. The molecular formula is C7H10N4O3. The second-order valence-corrected chi connectivity index (χ2v) is 2.55. The fraction of sp³-hybridized carbons (Fsp3) is 0.286. The Hall–Kier alpha value is -1.89. The van der Waals surface area contributed by atoms with Gasteiger partial charge >= 0.3 is 5.91 Å². The summed E-state index contributed by atoms with van der Waals surface area (Å²) in [5.41, 5.74) is 6.83. The molecule has 7 heteroatoms. The van der Waals surface area contributed by atoms with Crippen molar-refractivity contribution in [3.63, 3.8) is 0 Å². The number of carbonyl (C=O) groups excluding carboxylic acids is 2. The number of nitrogens with two attached hydrogens (primary N) is 1. The normalized spacial score (nSPS) is 9.79. The highest BCUT2D eigenvalue weighted by atomic mass is 16.7. The number of nitrogens with one attached hydrogen (secondary N) is 1.